The van der Waals surface area contributed by atoms with E-state index in [4.69, 9.17) is 5.10 Å². The molecule has 32 heavy (non-hydrogen) atoms. The van der Waals surface area contributed by atoms with Crippen LogP contribution in [-0.4, -0.2) is 27.3 Å². The van der Waals surface area contributed by atoms with Gasteiger partial charge in [0.05, 0.1) is 32.8 Å². The number of carbonyl (C=O) groups is 1. The summed E-state index contributed by atoms with van der Waals surface area (Å²) in [6, 6.07) is 13.7. The highest BCUT2D eigenvalue weighted by molar-refractivity contribution is 7.17. The Morgan fingerprint density at radius 2 is 2.00 bits per heavy atom. The van der Waals surface area contributed by atoms with Crippen LogP contribution in [0, 0.1) is 0 Å². The minimum Gasteiger partial charge on any atom is -0.312 e. The average Bonchev–Trinajstić information content (AvgIpc) is 3.41. The third kappa shape index (κ3) is 3.99. The quantitative estimate of drug-likeness (QED) is 0.410. The van der Waals surface area contributed by atoms with Gasteiger partial charge in [-0.2, -0.15) is 5.10 Å². The first kappa shape index (κ1) is 20.7. The number of hydrogen-bond acceptors (Lipinski definition) is 5. The van der Waals surface area contributed by atoms with Crippen molar-refractivity contribution in [2.24, 2.45) is 0 Å². The number of anilines is 2. The van der Waals surface area contributed by atoms with Gasteiger partial charge in [-0.3, -0.25) is 5.32 Å². The van der Waals surface area contributed by atoms with E-state index in [0.29, 0.717) is 5.82 Å². The molecular weight excluding hydrogens is 420 g/mol. The molecule has 0 saturated carbocycles. The van der Waals surface area contributed by atoms with Crippen LogP contribution in [0.4, 0.5) is 16.3 Å². The Hall–Kier alpha value is -3.23. The van der Waals surface area contributed by atoms with Crippen molar-refractivity contribution in [3.05, 3.63) is 64.8 Å². The first-order valence-corrected chi connectivity index (χ1v) is 11.6. The monoisotopic (exact) mass is 446 g/mol. The maximum atomic E-state index is 12.9. The molecular formula is C24H26N6OS. The van der Waals surface area contributed by atoms with Crippen molar-refractivity contribution in [3.8, 4) is 5.69 Å². The van der Waals surface area contributed by atoms with E-state index in [1.165, 1.54) is 22.5 Å². The second-order valence-electron chi connectivity index (χ2n) is 9.04. The number of benzene rings is 2. The van der Waals surface area contributed by atoms with Crippen LogP contribution in [0.2, 0.25) is 0 Å². The third-order valence-electron chi connectivity index (χ3n) is 5.65. The first-order valence-electron chi connectivity index (χ1n) is 10.7. The molecule has 3 N–H and O–H groups in total. The molecule has 0 saturated heterocycles. The molecule has 2 aromatic carbocycles. The van der Waals surface area contributed by atoms with E-state index in [9.17, 15) is 4.79 Å². The molecule has 0 unspecified atom stereocenters. The van der Waals surface area contributed by atoms with Gasteiger partial charge in [-0.05, 0) is 48.4 Å². The van der Waals surface area contributed by atoms with Crippen LogP contribution in [0.3, 0.4) is 0 Å². The molecule has 8 heteroatoms. The van der Waals surface area contributed by atoms with E-state index < -0.39 is 0 Å². The van der Waals surface area contributed by atoms with Crippen molar-refractivity contribution in [1.29, 1.82) is 0 Å². The highest BCUT2D eigenvalue weighted by Crippen LogP contribution is 2.29. The average molecular weight is 447 g/mol. The number of fused-ring (bicyclic) bond motifs is 2. The summed E-state index contributed by atoms with van der Waals surface area (Å²) in [5.41, 5.74) is 7.72. The van der Waals surface area contributed by atoms with Crippen molar-refractivity contribution in [2.45, 2.75) is 39.2 Å². The number of hydrogen-bond donors (Lipinski definition) is 3. The number of amides is 2. The fourth-order valence-electron chi connectivity index (χ4n) is 3.89. The van der Waals surface area contributed by atoms with Gasteiger partial charge in [0.15, 0.2) is 0 Å². The zero-order chi connectivity index (χ0) is 22.3. The second-order valence-corrected chi connectivity index (χ2v) is 9.90. The Balaban J connectivity index is 1.47. The summed E-state index contributed by atoms with van der Waals surface area (Å²) in [4.78, 5) is 17.3. The molecule has 0 radical (unpaired) electrons. The molecule has 164 valence electrons. The predicted octanol–water partition coefficient (Wildman–Crippen LogP) is 5.07. The van der Waals surface area contributed by atoms with E-state index >= 15 is 0 Å². The van der Waals surface area contributed by atoms with Crippen LogP contribution in [-0.2, 0) is 18.4 Å². The van der Waals surface area contributed by atoms with Gasteiger partial charge in [-0.25, -0.2) is 14.5 Å². The van der Waals surface area contributed by atoms with Gasteiger partial charge >= 0.3 is 6.03 Å². The molecule has 0 aliphatic carbocycles. The van der Waals surface area contributed by atoms with Gasteiger partial charge in [0, 0.05) is 18.0 Å². The predicted molar refractivity (Wildman–Crippen MR) is 130 cm³/mol. The highest BCUT2D eigenvalue weighted by Gasteiger charge is 2.22. The number of carbonyl (C=O) groups excluding carboxylic acids is 1. The molecule has 2 amide bonds. The lowest BCUT2D eigenvalue weighted by Gasteiger charge is -2.18. The van der Waals surface area contributed by atoms with Crippen LogP contribution in [0.5, 0.6) is 0 Å². The van der Waals surface area contributed by atoms with Crippen LogP contribution in [0.25, 0.3) is 15.9 Å². The zero-order valence-electron chi connectivity index (χ0n) is 18.4. The topological polar surface area (TPSA) is 83.9 Å². The fraction of sp³-hybridized carbons (Fsp3) is 0.292. The minimum absolute atomic E-state index is 0.151. The summed E-state index contributed by atoms with van der Waals surface area (Å²) in [7, 11) is 0. The molecule has 1 aliphatic rings. The van der Waals surface area contributed by atoms with Gasteiger partial charge < -0.3 is 10.6 Å². The Labute approximate surface area is 190 Å². The first-order chi connectivity index (χ1) is 15.4. The lowest BCUT2D eigenvalue weighted by molar-refractivity contribution is 0.262. The number of thiazole rings is 1. The molecule has 1 aliphatic heterocycles. The van der Waals surface area contributed by atoms with Crippen molar-refractivity contribution in [1.82, 2.24) is 20.1 Å². The van der Waals surface area contributed by atoms with Crippen LogP contribution in [0.15, 0.2) is 48.0 Å². The lowest BCUT2D eigenvalue weighted by atomic mass is 9.92. The number of nitrogens with one attached hydrogen (secondary N) is 3. The molecule has 3 heterocycles. The Morgan fingerprint density at radius 3 is 2.84 bits per heavy atom. The van der Waals surface area contributed by atoms with Gasteiger partial charge in [-0.15, -0.1) is 11.3 Å². The number of rotatable bonds is 3. The third-order valence-corrected chi connectivity index (χ3v) is 6.52. The van der Waals surface area contributed by atoms with Gasteiger partial charge in [0.2, 0.25) is 0 Å². The number of urea groups is 1. The van der Waals surface area contributed by atoms with E-state index in [2.05, 4.69) is 59.9 Å². The molecule has 2 aromatic heterocycles. The summed E-state index contributed by atoms with van der Waals surface area (Å²) in [5, 5.41) is 14.2. The summed E-state index contributed by atoms with van der Waals surface area (Å²) in [5.74, 6) is 0.632. The van der Waals surface area contributed by atoms with Crippen molar-refractivity contribution in [2.75, 3.05) is 17.2 Å². The molecule has 0 spiro atoms. The van der Waals surface area contributed by atoms with Crippen molar-refractivity contribution in [3.63, 3.8) is 0 Å². The maximum Gasteiger partial charge on any atom is 0.324 e. The lowest BCUT2D eigenvalue weighted by Crippen LogP contribution is -2.24. The van der Waals surface area contributed by atoms with Crippen LogP contribution in [0.1, 0.15) is 37.6 Å². The highest BCUT2D eigenvalue weighted by atomic mass is 32.1. The summed E-state index contributed by atoms with van der Waals surface area (Å²) in [6.07, 6.45) is 1.03. The van der Waals surface area contributed by atoms with E-state index in [1.807, 2.05) is 28.9 Å². The molecule has 0 atom stereocenters. The van der Waals surface area contributed by atoms with E-state index in [0.717, 1.165) is 46.8 Å². The van der Waals surface area contributed by atoms with Crippen molar-refractivity contribution >= 4 is 39.1 Å². The SMILES string of the molecule is CC(C)(C)c1cc(NC(=O)Nc2cccc3ncsc23)n(-c2ccc3c(c2)CNCC3)n1. The Kier molecular flexibility index (Phi) is 5.19. The summed E-state index contributed by atoms with van der Waals surface area (Å²) >= 11 is 1.51. The molecule has 0 fully saturated rings. The number of nitrogens with zero attached hydrogens (tertiary/aromatic N) is 3. The van der Waals surface area contributed by atoms with Crippen LogP contribution >= 0.6 is 11.3 Å². The van der Waals surface area contributed by atoms with E-state index in [-0.39, 0.29) is 11.4 Å². The van der Waals surface area contributed by atoms with Gasteiger partial charge in [-0.1, -0.05) is 32.9 Å². The zero-order valence-corrected chi connectivity index (χ0v) is 19.2. The maximum absolute atomic E-state index is 12.9. The summed E-state index contributed by atoms with van der Waals surface area (Å²) < 4.78 is 2.77. The molecule has 0 bridgehead atoms. The Morgan fingerprint density at radius 1 is 1.12 bits per heavy atom. The Bertz CT molecular complexity index is 1300. The van der Waals surface area contributed by atoms with Crippen LogP contribution < -0.4 is 16.0 Å². The fourth-order valence-corrected chi connectivity index (χ4v) is 4.65. The molecule has 5 rings (SSSR count). The second kappa shape index (κ2) is 8.03. The normalized spacial score (nSPS) is 13.7. The molecule has 7 nitrogen and oxygen atoms in total. The van der Waals surface area contributed by atoms with Gasteiger partial charge in [0.25, 0.3) is 0 Å². The standard InChI is InChI=1S/C24H26N6OS/c1-24(2,3)20-12-21(28-23(31)27-19-6-4-5-18-22(19)32-14-26-18)30(29-20)17-8-7-15-9-10-25-13-16(15)11-17/h4-8,11-12,14,25H,9-10,13H2,1-3H3,(H2,27,28,31). The van der Waals surface area contributed by atoms with E-state index in [1.54, 1.807) is 5.51 Å². The molecule has 4 aromatic rings. The smallest absolute Gasteiger partial charge is 0.312 e. The largest absolute Gasteiger partial charge is 0.324 e. The number of aromatic nitrogens is 3. The van der Waals surface area contributed by atoms with Gasteiger partial charge in [0.1, 0.15) is 5.82 Å². The van der Waals surface area contributed by atoms with Crippen molar-refractivity contribution < 1.29 is 4.79 Å². The summed E-state index contributed by atoms with van der Waals surface area (Å²) in [6.45, 7) is 8.20. The minimum atomic E-state index is -0.313.